The van der Waals surface area contributed by atoms with Crippen LogP contribution in [0, 0.1) is 0 Å². The molecular weight excluding hydrogens is 192 g/mol. The predicted molar refractivity (Wildman–Crippen MR) is 59.5 cm³/mol. The largest absolute Gasteiger partial charge is 0.390 e. The van der Waals surface area contributed by atoms with Crippen molar-refractivity contribution in [2.45, 2.75) is 25.4 Å². The van der Waals surface area contributed by atoms with E-state index in [0.717, 1.165) is 0 Å². The summed E-state index contributed by atoms with van der Waals surface area (Å²) in [5, 5.41) is 12.7. The van der Waals surface area contributed by atoms with Crippen LogP contribution in [0.1, 0.15) is 19.8 Å². The minimum absolute atomic E-state index is 0.104. The molecule has 1 aliphatic rings. The molecule has 0 saturated carbocycles. The van der Waals surface area contributed by atoms with E-state index in [9.17, 15) is 9.90 Å². The highest BCUT2D eigenvalue weighted by Gasteiger charge is 2.29. The third-order valence-electron chi connectivity index (χ3n) is 2.76. The molecule has 4 heteroatoms. The van der Waals surface area contributed by atoms with Gasteiger partial charge in [-0.25, -0.2) is 0 Å². The highest BCUT2D eigenvalue weighted by atomic mass is 16.3. The second-order valence-corrected chi connectivity index (χ2v) is 4.30. The number of hydrogen-bond donors (Lipinski definition) is 2. The fourth-order valence-corrected chi connectivity index (χ4v) is 1.63. The molecule has 0 bridgehead atoms. The zero-order valence-electron chi connectivity index (χ0n) is 9.33. The second-order valence-electron chi connectivity index (χ2n) is 4.30. The monoisotopic (exact) mass is 212 g/mol. The Morgan fingerprint density at radius 2 is 2.20 bits per heavy atom. The van der Waals surface area contributed by atoms with Crippen molar-refractivity contribution in [2.24, 2.45) is 0 Å². The van der Waals surface area contributed by atoms with Gasteiger partial charge in [0.15, 0.2) is 0 Å². The van der Waals surface area contributed by atoms with Crippen molar-refractivity contribution >= 4 is 5.91 Å². The maximum absolute atomic E-state index is 11.6. The van der Waals surface area contributed by atoms with Crippen LogP contribution >= 0.6 is 0 Å². The van der Waals surface area contributed by atoms with Gasteiger partial charge in [0.25, 0.3) is 0 Å². The Hall–Kier alpha value is -0.870. The topological polar surface area (TPSA) is 52.6 Å². The smallest absolute Gasteiger partial charge is 0.236 e. The first-order valence-electron chi connectivity index (χ1n) is 5.37. The molecule has 1 amide bonds. The molecule has 0 aromatic rings. The summed E-state index contributed by atoms with van der Waals surface area (Å²) in [6.07, 6.45) is 3.06. The second kappa shape index (κ2) is 5.28. The first kappa shape index (κ1) is 12.2. The lowest BCUT2D eigenvalue weighted by molar-refractivity contribution is -0.133. The van der Waals surface area contributed by atoms with Crippen LogP contribution < -0.4 is 5.32 Å². The van der Waals surface area contributed by atoms with Gasteiger partial charge in [0.2, 0.25) is 5.91 Å². The predicted octanol–water partition coefficient (Wildman–Crippen LogP) is 0.135. The van der Waals surface area contributed by atoms with Gasteiger partial charge >= 0.3 is 0 Å². The summed E-state index contributed by atoms with van der Waals surface area (Å²) < 4.78 is 0. The Balaban J connectivity index is 2.27. The molecule has 0 spiro atoms. The number of likely N-dealkylation sites (tertiary alicyclic amines) is 1. The van der Waals surface area contributed by atoms with E-state index in [1.54, 1.807) is 11.0 Å². The Bertz CT molecular complexity index is 229. The minimum Gasteiger partial charge on any atom is -0.390 e. The molecule has 1 heterocycles. The van der Waals surface area contributed by atoms with Crippen LogP contribution in [-0.4, -0.2) is 47.7 Å². The number of piperidine rings is 1. The van der Waals surface area contributed by atoms with E-state index in [1.165, 1.54) is 0 Å². The molecule has 0 unspecified atom stereocenters. The lowest BCUT2D eigenvalue weighted by Crippen LogP contribution is -2.47. The van der Waals surface area contributed by atoms with Gasteiger partial charge in [-0.05, 0) is 19.8 Å². The first-order valence-corrected chi connectivity index (χ1v) is 5.37. The molecule has 1 saturated heterocycles. The molecule has 1 fully saturated rings. The SMILES string of the molecule is C=CCNCC(=O)N1CCC(C)(O)CC1. The van der Waals surface area contributed by atoms with E-state index < -0.39 is 5.60 Å². The molecule has 0 aromatic carbocycles. The lowest BCUT2D eigenvalue weighted by atomic mass is 9.94. The Morgan fingerprint density at radius 1 is 1.60 bits per heavy atom. The van der Waals surface area contributed by atoms with Crippen LogP contribution in [0.2, 0.25) is 0 Å². The van der Waals surface area contributed by atoms with Gasteiger partial charge in [-0.2, -0.15) is 0 Å². The summed E-state index contributed by atoms with van der Waals surface area (Å²) in [5.41, 5.74) is -0.592. The quantitative estimate of drug-likeness (QED) is 0.514. The molecule has 0 radical (unpaired) electrons. The zero-order valence-corrected chi connectivity index (χ0v) is 9.33. The Kier molecular flexibility index (Phi) is 4.29. The van der Waals surface area contributed by atoms with Gasteiger partial charge < -0.3 is 15.3 Å². The summed E-state index contributed by atoms with van der Waals surface area (Å²) in [7, 11) is 0. The van der Waals surface area contributed by atoms with Crippen molar-refractivity contribution in [3.05, 3.63) is 12.7 Å². The minimum atomic E-state index is -0.592. The van der Waals surface area contributed by atoms with Crippen molar-refractivity contribution in [1.29, 1.82) is 0 Å². The molecule has 4 nitrogen and oxygen atoms in total. The zero-order chi connectivity index (χ0) is 11.3. The van der Waals surface area contributed by atoms with E-state index in [0.29, 0.717) is 39.0 Å². The van der Waals surface area contributed by atoms with Crippen molar-refractivity contribution in [3.8, 4) is 0 Å². The number of nitrogens with zero attached hydrogens (tertiary/aromatic N) is 1. The van der Waals surface area contributed by atoms with E-state index >= 15 is 0 Å². The van der Waals surface area contributed by atoms with E-state index in [-0.39, 0.29) is 5.91 Å². The van der Waals surface area contributed by atoms with Gasteiger partial charge in [-0.15, -0.1) is 6.58 Å². The summed E-state index contributed by atoms with van der Waals surface area (Å²) >= 11 is 0. The van der Waals surface area contributed by atoms with Crippen molar-refractivity contribution in [1.82, 2.24) is 10.2 Å². The maximum Gasteiger partial charge on any atom is 0.236 e. The highest BCUT2D eigenvalue weighted by molar-refractivity contribution is 5.78. The average Bonchev–Trinajstić information content (AvgIpc) is 2.18. The number of carbonyl (C=O) groups excluding carboxylic acids is 1. The standard InChI is InChI=1S/C11H20N2O2/c1-3-6-12-9-10(14)13-7-4-11(2,15)5-8-13/h3,12,15H,1,4-9H2,2H3. The molecule has 1 rings (SSSR count). The first-order chi connectivity index (χ1) is 7.05. The fourth-order valence-electron chi connectivity index (χ4n) is 1.63. The number of nitrogens with one attached hydrogen (secondary N) is 1. The van der Waals surface area contributed by atoms with Crippen LogP contribution in [0.4, 0.5) is 0 Å². The molecule has 0 aliphatic carbocycles. The number of aliphatic hydroxyl groups is 1. The summed E-state index contributed by atoms with van der Waals surface area (Å²) in [5.74, 6) is 0.104. The van der Waals surface area contributed by atoms with Crippen LogP contribution in [0.15, 0.2) is 12.7 Å². The number of carbonyl (C=O) groups is 1. The van der Waals surface area contributed by atoms with Crippen LogP contribution in [0.5, 0.6) is 0 Å². The molecular formula is C11H20N2O2. The third kappa shape index (κ3) is 4.01. The van der Waals surface area contributed by atoms with Crippen LogP contribution in [0.25, 0.3) is 0 Å². The summed E-state index contributed by atoms with van der Waals surface area (Å²) in [6.45, 7) is 7.71. The fraction of sp³-hybridized carbons (Fsp3) is 0.727. The van der Waals surface area contributed by atoms with E-state index in [4.69, 9.17) is 0 Å². The maximum atomic E-state index is 11.6. The van der Waals surface area contributed by atoms with Gasteiger partial charge in [0.05, 0.1) is 12.1 Å². The van der Waals surface area contributed by atoms with E-state index in [2.05, 4.69) is 11.9 Å². The highest BCUT2D eigenvalue weighted by Crippen LogP contribution is 2.20. The molecule has 86 valence electrons. The van der Waals surface area contributed by atoms with Gasteiger partial charge in [-0.1, -0.05) is 6.08 Å². The van der Waals surface area contributed by atoms with Crippen LogP contribution in [-0.2, 0) is 4.79 Å². The van der Waals surface area contributed by atoms with Crippen molar-refractivity contribution < 1.29 is 9.90 Å². The lowest BCUT2D eigenvalue weighted by Gasteiger charge is -2.35. The van der Waals surface area contributed by atoms with Crippen molar-refractivity contribution in [3.63, 3.8) is 0 Å². The van der Waals surface area contributed by atoms with Crippen LogP contribution in [0.3, 0.4) is 0 Å². The number of rotatable bonds is 4. The van der Waals surface area contributed by atoms with Gasteiger partial charge in [-0.3, -0.25) is 4.79 Å². The molecule has 0 atom stereocenters. The molecule has 2 N–H and O–H groups in total. The van der Waals surface area contributed by atoms with Crippen molar-refractivity contribution in [2.75, 3.05) is 26.2 Å². The molecule has 0 aromatic heterocycles. The van der Waals surface area contributed by atoms with E-state index in [1.807, 2.05) is 6.92 Å². The molecule has 15 heavy (non-hydrogen) atoms. The Morgan fingerprint density at radius 3 is 2.73 bits per heavy atom. The number of hydrogen-bond acceptors (Lipinski definition) is 3. The average molecular weight is 212 g/mol. The van der Waals surface area contributed by atoms with Gasteiger partial charge in [0.1, 0.15) is 0 Å². The summed E-state index contributed by atoms with van der Waals surface area (Å²) in [6, 6.07) is 0. The van der Waals surface area contributed by atoms with Gasteiger partial charge in [0, 0.05) is 19.6 Å². The Labute approximate surface area is 91.0 Å². The number of amides is 1. The molecule has 1 aliphatic heterocycles. The summed E-state index contributed by atoms with van der Waals surface area (Å²) in [4.78, 5) is 13.4. The third-order valence-corrected chi connectivity index (χ3v) is 2.76. The normalized spacial score (nSPS) is 20.0.